The number of ether oxygens (including phenoxy) is 3. The van der Waals surface area contributed by atoms with Crippen molar-refractivity contribution in [3.05, 3.63) is 59.7 Å². The van der Waals surface area contributed by atoms with Gasteiger partial charge in [-0.15, -0.1) is 0 Å². The molecule has 40 heavy (non-hydrogen) atoms. The topological polar surface area (TPSA) is 125 Å². The number of aliphatic hydroxyl groups excluding tert-OH is 1. The first-order valence-electron chi connectivity index (χ1n) is 12.4. The SMILES string of the molecule is C.Cc1ccc(S(=O)(=O)Cl)cc1.Cc1ccc(S(=O)(=O)OC2CCOC2)cc1.IC1CCOC1.OC1CCOC1. The lowest BCUT2D eigenvalue weighted by molar-refractivity contribution is 0.127. The maximum Gasteiger partial charge on any atom is 0.297 e. The Kier molecular flexibility index (Phi) is 17.3. The van der Waals surface area contributed by atoms with Gasteiger partial charge in [-0.25, -0.2) is 8.42 Å². The zero-order valence-electron chi connectivity index (χ0n) is 22.0. The third kappa shape index (κ3) is 14.9. The molecule has 0 saturated carbocycles. The van der Waals surface area contributed by atoms with Crippen LogP contribution in [0.4, 0.5) is 0 Å². The zero-order chi connectivity index (χ0) is 28.9. The van der Waals surface area contributed by atoms with Gasteiger partial charge in [0.2, 0.25) is 0 Å². The maximum atomic E-state index is 11.8. The summed E-state index contributed by atoms with van der Waals surface area (Å²) >= 11 is 2.41. The quantitative estimate of drug-likeness (QED) is 0.200. The number of aryl methyl sites for hydroxylation is 2. The second-order valence-electron chi connectivity index (χ2n) is 9.08. The van der Waals surface area contributed by atoms with E-state index in [1.807, 2.05) is 13.8 Å². The Morgan fingerprint density at radius 3 is 1.57 bits per heavy atom. The summed E-state index contributed by atoms with van der Waals surface area (Å²) in [7, 11) is -2.10. The molecule has 3 heterocycles. The molecular weight excluding hydrogens is 695 g/mol. The predicted octanol–water partition coefficient (Wildman–Crippen LogP) is 5.03. The smallest absolute Gasteiger partial charge is 0.297 e. The minimum atomic E-state index is -3.64. The first kappa shape index (κ1) is 37.2. The van der Waals surface area contributed by atoms with Gasteiger partial charge in [-0.3, -0.25) is 4.18 Å². The van der Waals surface area contributed by atoms with Crippen LogP contribution in [0.15, 0.2) is 58.3 Å². The number of halogens is 2. The molecule has 3 atom stereocenters. The van der Waals surface area contributed by atoms with E-state index in [-0.39, 0.29) is 29.4 Å². The number of alkyl halides is 1. The van der Waals surface area contributed by atoms with E-state index >= 15 is 0 Å². The van der Waals surface area contributed by atoms with E-state index in [4.69, 9.17) is 34.2 Å². The highest BCUT2D eigenvalue weighted by atomic mass is 127. The van der Waals surface area contributed by atoms with Gasteiger partial charge in [-0.05, 0) is 51.0 Å². The molecule has 3 fully saturated rings. The molecule has 2 aromatic carbocycles. The summed E-state index contributed by atoms with van der Waals surface area (Å²) in [5.74, 6) is 0. The van der Waals surface area contributed by atoms with Gasteiger partial charge in [0.25, 0.3) is 19.2 Å². The molecule has 3 saturated heterocycles. The van der Waals surface area contributed by atoms with Crippen LogP contribution in [0.25, 0.3) is 0 Å². The van der Waals surface area contributed by atoms with Crippen LogP contribution in [0.1, 0.15) is 37.8 Å². The van der Waals surface area contributed by atoms with Gasteiger partial charge < -0.3 is 19.3 Å². The van der Waals surface area contributed by atoms with Gasteiger partial charge >= 0.3 is 0 Å². The van der Waals surface area contributed by atoms with Crippen molar-refractivity contribution in [1.29, 1.82) is 0 Å². The normalized spacial score (nSPS) is 22.0. The molecule has 0 bridgehead atoms. The van der Waals surface area contributed by atoms with E-state index in [1.165, 1.54) is 18.6 Å². The lowest BCUT2D eigenvalue weighted by Crippen LogP contribution is -2.18. The zero-order valence-corrected chi connectivity index (χ0v) is 26.5. The van der Waals surface area contributed by atoms with Gasteiger partial charge in [0, 0.05) is 40.8 Å². The summed E-state index contributed by atoms with van der Waals surface area (Å²) in [6.45, 7) is 7.93. The summed E-state index contributed by atoms with van der Waals surface area (Å²) in [6.07, 6.45) is 2.18. The second kappa shape index (κ2) is 18.6. The van der Waals surface area contributed by atoms with Crippen molar-refractivity contribution in [1.82, 2.24) is 0 Å². The lowest BCUT2D eigenvalue weighted by Gasteiger charge is -2.10. The Bertz CT molecular complexity index is 1160. The first-order valence-corrected chi connectivity index (χ1v) is 17.4. The van der Waals surface area contributed by atoms with Crippen LogP contribution < -0.4 is 0 Å². The number of rotatable bonds is 4. The highest BCUT2D eigenvalue weighted by Gasteiger charge is 2.25. The fraction of sp³-hybridized carbons (Fsp3) is 0.556. The minimum Gasteiger partial charge on any atom is -0.391 e. The summed E-state index contributed by atoms with van der Waals surface area (Å²) in [4.78, 5) is 0.342. The third-order valence-corrected chi connectivity index (χ3v) is 9.27. The van der Waals surface area contributed by atoms with Gasteiger partial charge in [0.15, 0.2) is 0 Å². The van der Waals surface area contributed by atoms with Crippen molar-refractivity contribution in [3.8, 4) is 0 Å². The average Bonchev–Trinajstić information content (AvgIpc) is 3.66. The summed E-state index contributed by atoms with van der Waals surface area (Å²) in [5, 5.41) is 8.60. The van der Waals surface area contributed by atoms with Crippen LogP contribution in [0.5, 0.6) is 0 Å². The maximum absolute atomic E-state index is 11.8. The lowest BCUT2D eigenvalue weighted by atomic mass is 10.2. The summed E-state index contributed by atoms with van der Waals surface area (Å²) in [5.41, 5.74) is 2.03. The molecular formula is C27H40ClIO9S2. The van der Waals surface area contributed by atoms with Crippen LogP contribution >= 0.6 is 33.3 Å². The monoisotopic (exact) mass is 734 g/mol. The Balaban J connectivity index is 0.000000288. The van der Waals surface area contributed by atoms with Crippen LogP contribution in [-0.2, 0) is 37.6 Å². The van der Waals surface area contributed by atoms with Gasteiger partial charge in [0.1, 0.15) is 6.10 Å². The highest BCUT2D eigenvalue weighted by molar-refractivity contribution is 14.1. The fourth-order valence-electron chi connectivity index (χ4n) is 3.26. The van der Waals surface area contributed by atoms with Crippen molar-refractivity contribution >= 4 is 52.4 Å². The molecule has 3 unspecified atom stereocenters. The van der Waals surface area contributed by atoms with Crippen molar-refractivity contribution < 1.29 is 40.3 Å². The molecule has 0 spiro atoms. The van der Waals surface area contributed by atoms with E-state index in [2.05, 4.69) is 22.6 Å². The van der Waals surface area contributed by atoms with Crippen molar-refractivity contribution in [3.63, 3.8) is 0 Å². The molecule has 2 aromatic rings. The average molecular weight is 735 g/mol. The van der Waals surface area contributed by atoms with Crippen LogP contribution in [0.3, 0.4) is 0 Å². The molecule has 3 aliphatic rings. The molecule has 9 nitrogen and oxygen atoms in total. The standard InChI is InChI=1S/C11H14O4S.C7H7ClO2S.C4H7IO.C4H8O2.CH4/c1-9-2-4-11(5-3-9)16(12,13)15-10-6-7-14-8-10;1-6-2-4-7(5-3-6)11(8,9)10;2*5-4-1-2-6-3-4;/h2-5,10H,6-8H2,1H3;2-5H,1H3;4H,1-3H2;4-5H,1-3H2;1H4. The summed E-state index contributed by atoms with van der Waals surface area (Å²) < 4.78 is 65.9. The highest BCUT2D eigenvalue weighted by Crippen LogP contribution is 2.19. The Hall–Kier alpha value is -0.840. The van der Waals surface area contributed by atoms with Crippen LogP contribution in [0.2, 0.25) is 0 Å². The van der Waals surface area contributed by atoms with Gasteiger partial charge in [-0.2, -0.15) is 8.42 Å². The molecule has 0 radical (unpaired) electrons. The number of aliphatic hydroxyl groups is 1. The van der Waals surface area contributed by atoms with Gasteiger partial charge in [0.05, 0.1) is 35.7 Å². The largest absolute Gasteiger partial charge is 0.391 e. The van der Waals surface area contributed by atoms with Crippen molar-refractivity contribution in [2.24, 2.45) is 0 Å². The van der Waals surface area contributed by atoms with E-state index in [0.717, 1.165) is 41.3 Å². The summed E-state index contributed by atoms with van der Waals surface area (Å²) in [6, 6.07) is 13.0. The molecule has 1 N–H and O–H groups in total. The van der Waals surface area contributed by atoms with E-state index in [9.17, 15) is 16.8 Å². The van der Waals surface area contributed by atoms with Crippen LogP contribution in [-0.4, -0.2) is 77.7 Å². The fourth-order valence-corrected chi connectivity index (χ4v) is 5.63. The molecule has 0 aliphatic carbocycles. The van der Waals surface area contributed by atoms with Crippen molar-refractivity contribution in [2.75, 3.05) is 39.6 Å². The third-order valence-electron chi connectivity index (χ3n) is 5.54. The Labute approximate surface area is 257 Å². The first-order chi connectivity index (χ1) is 18.4. The predicted molar refractivity (Wildman–Crippen MR) is 164 cm³/mol. The number of hydrogen-bond donors (Lipinski definition) is 1. The molecule has 0 aromatic heterocycles. The Morgan fingerprint density at radius 1 is 0.775 bits per heavy atom. The Morgan fingerprint density at radius 2 is 1.25 bits per heavy atom. The van der Waals surface area contributed by atoms with E-state index < -0.39 is 19.2 Å². The molecule has 228 valence electrons. The van der Waals surface area contributed by atoms with E-state index in [1.54, 1.807) is 36.4 Å². The molecule has 0 amide bonds. The second-order valence-corrected chi connectivity index (χ2v) is 15.0. The van der Waals surface area contributed by atoms with Crippen molar-refractivity contribution in [2.45, 2.75) is 66.5 Å². The minimum absolute atomic E-state index is 0. The molecule has 13 heteroatoms. The van der Waals surface area contributed by atoms with Crippen LogP contribution in [0, 0.1) is 13.8 Å². The van der Waals surface area contributed by atoms with E-state index in [0.29, 0.717) is 26.2 Å². The molecule has 3 aliphatic heterocycles. The molecule has 5 rings (SSSR count). The number of hydrogen-bond acceptors (Lipinski definition) is 9. The number of benzene rings is 2. The van der Waals surface area contributed by atoms with Gasteiger partial charge in [-0.1, -0.05) is 65.4 Å².